The number of rotatable bonds is 6. The second kappa shape index (κ2) is 7.24. The van der Waals surface area contributed by atoms with Gasteiger partial charge in [0.05, 0.1) is 5.69 Å². The van der Waals surface area contributed by atoms with Crippen molar-refractivity contribution in [2.75, 3.05) is 31.1 Å². The molecular weight excluding hydrogens is 257 g/mol. The molecule has 110 valence electrons. The van der Waals surface area contributed by atoms with E-state index in [2.05, 4.69) is 15.5 Å². The molecule has 1 amide bonds. The molecular formula is C15H22FN3O. The number of nitrogens with one attached hydrogen (secondary N) is 2. The lowest BCUT2D eigenvalue weighted by atomic mass is 10.1. The predicted molar refractivity (Wildman–Crippen MR) is 78.2 cm³/mol. The first-order valence-electron chi connectivity index (χ1n) is 7.15. The summed E-state index contributed by atoms with van der Waals surface area (Å²) in [5.74, 6) is -0.168. The summed E-state index contributed by atoms with van der Waals surface area (Å²) in [5, 5.41) is 5.97. The van der Waals surface area contributed by atoms with E-state index in [0.29, 0.717) is 25.3 Å². The largest absolute Gasteiger partial charge is 0.369 e. The number of nitrogens with zero attached hydrogens (tertiary/aromatic N) is 1. The Morgan fingerprint density at radius 3 is 2.75 bits per heavy atom. The van der Waals surface area contributed by atoms with Crippen LogP contribution in [0.1, 0.15) is 25.3 Å². The molecule has 2 N–H and O–H groups in total. The molecule has 0 saturated carbocycles. The van der Waals surface area contributed by atoms with Gasteiger partial charge in [0.1, 0.15) is 5.82 Å². The molecule has 1 aromatic carbocycles. The Balaban J connectivity index is 1.85. The highest BCUT2D eigenvalue weighted by Crippen LogP contribution is 2.24. The van der Waals surface area contributed by atoms with Gasteiger partial charge in [-0.15, -0.1) is 0 Å². The quantitative estimate of drug-likeness (QED) is 0.778. The SMILES string of the molecule is CC(=O)NCCNCc1ccc(F)c(N2CCCC2)c1. The molecule has 20 heavy (non-hydrogen) atoms. The van der Waals surface area contributed by atoms with Crippen LogP contribution in [0.25, 0.3) is 0 Å². The Bertz CT molecular complexity index is 458. The molecule has 0 spiro atoms. The number of hydrogen-bond acceptors (Lipinski definition) is 3. The van der Waals surface area contributed by atoms with Gasteiger partial charge in [-0.1, -0.05) is 6.07 Å². The minimum atomic E-state index is -0.145. The monoisotopic (exact) mass is 279 g/mol. The lowest BCUT2D eigenvalue weighted by Gasteiger charge is -2.19. The van der Waals surface area contributed by atoms with E-state index in [1.54, 1.807) is 12.1 Å². The summed E-state index contributed by atoms with van der Waals surface area (Å²) in [7, 11) is 0. The Kier molecular flexibility index (Phi) is 5.35. The number of carbonyl (C=O) groups is 1. The van der Waals surface area contributed by atoms with Crippen LogP contribution in [0, 0.1) is 5.82 Å². The minimum Gasteiger partial charge on any atom is -0.369 e. The smallest absolute Gasteiger partial charge is 0.216 e. The van der Waals surface area contributed by atoms with E-state index in [9.17, 15) is 9.18 Å². The van der Waals surface area contributed by atoms with Crippen molar-refractivity contribution < 1.29 is 9.18 Å². The van der Waals surface area contributed by atoms with Crippen LogP contribution in [0.15, 0.2) is 18.2 Å². The van der Waals surface area contributed by atoms with Crippen LogP contribution in [-0.2, 0) is 11.3 Å². The standard InChI is InChI=1S/C15H22FN3O/c1-12(20)18-7-6-17-11-13-4-5-14(16)15(10-13)19-8-2-3-9-19/h4-5,10,17H,2-3,6-9,11H2,1H3,(H,18,20). The fraction of sp³-hybridized carbons (Fsp3) is 0.533. The third-order valence-corrected chi connectivity index (χ3v) is 3.46. The third-order valence-electron chi connectivity index (χ3n) is 3.46. The Morgan fingerprint density at radius 2 is 2.05 bits per heavy atom. The van der Waals surface area contributed by atoms with Gasteiger partial charge in [-0.25, -0.2) is 4.39 Å². The maximum atomic E-state index is 13.8. The number of benzene rings is 1. The first kappa shape index (κ1) is 14.8. The lowest BCUT2D eigenvalue weighted by molar-refractivity contribution is -0.118. The van der Waals surface area contributed by atoms with Crippen molar-refractivity contribution in [2.45, 2.75) is 26.3 Å². The second-order valence-electron chi connectivity index (χ2n) is 5.14. The maximum Gasteiger partial charge on any atom is 0.216 e. The summed E-state index contributed by atoms with van der Waals surface area (Å²) in [5.41, 5.74) is 1.78. The highest BCUT2D eigenvalue weighted by molar-refractivity contribution is 5.72. The maximum absolute atomic E-state index is 13.8. The van der Waals surface area contributed by atoms with E-state index in [0.717, 1.165) is 31.5 Å². The molecule has 0 bridgehead atoms. The molecule has 1 aromatic rings. The summed E-state index contributed by atoms with van der Waals surface area (Å²) in [6, 6.07) is 5.27. The first-order valence-corrected chi connectivity index (χ1v) is 7.15. The van der Waals surface area contributed by atoms with Crippen molar-refractivity contribution in [1.29, 1.82) is 0 Å². The summed E-state index contributed by atoms with van der Waals surface area (Å²) in [6.45, 7) is 5.38. The zero-order valence-electron chi connectivity index (χ0n) is 11.9. The van der Waals surface area contributed by atoms with Crippen molar-refractivity contribution >= 4 is 11.6 Å². The number of amides is 1. The predicted octanol–water partition coefficient (Wildman–Crippen LogP) is 1.65. The van der Waals surface area contributed by atoms with E-state index >= 15 is 0 Å². The van der Waals surface area contributed by atoms with Crippen molar-refractivity contribution in [2.24, 2.45) is 0 Å². The number of anilines is 1. The van der Waals surface area contributed by atoms with Crippen LogP contribution >= 0.6 is 0 Å². The summed E-state index contributed by atoms with van der Waals surface area (Å²) in [6.07, 6.45) is 2.28. The highest BCUT2D eigenvalue weighted by Gasteiger charge is 2.16. The van der Waals surface area contributed by atoms with Gasteiger partial charge in [-0.3, -0.25) is 4.79 Å². The van der Waals surface area contributed by atoms with Gasteiger partial charge < -0.3 is 15.5 Å². The van der Waals surface area contributed by atoms with Crippen LogP contribution in [0.2, 0.25) is 0 Å². The van der Waals surface area contributed by atoms with E-state index in [1.165, 1.54) is 6.92 Å². The van der Waals surface area contributed by atoms with Crippen LogP contribution in [0.4, 0.5) is 10.1 Å². The molecule has 1 aliphatic heterocycles. The second-order valence-corrected chi connectivity index (χ2v) is 5.14. The zero-order valence-corrected chi connectivity index (χ0v) is 11.9. The minimum absolute atomic E-state index is 0.0232. The van der Waals surface area contributed by atoms with Gasteiger partial charge in [-0.05, 0) is 30.5 Å². The normalized spacial score (nSPS) is 14.6. The van der Waals surface area contributed by atoms with Crippen LogP contribution < -0.4 is 15.5 Å². The molecule has 4 nitrogen and oxygen atoms in total. The van der Waals surface area contributed by atoms with Gasteiger partial charge in [0.15, 0.2) is 0 Å². The summed E-state index contributed by atoms with van der Waals surface area (Å²) in [4.78, 5) is 12.8. The Labute approximate surface area is 119 Å². The fourth-order valence-corrected chi connectivity index (χ4v) is 2.43. The number of halogens is 1. The molecule has 5 heteroatoms. The summed E-state index contributed by atoms with van der Waals surface area (Å²) < 4.78 is 13.8. The molecule has 1 aliphatic rings. The Hall–Kier alpha value is -1.62. The molecule has 2 rings (SSSR count). The van der Waals surface area contributed by atoms with E-state index in [4.69, 9.17) is 0 Å². The first-order chi connectivity index (χ1) is 9.66. The average Bonchev–Trinajstić information content (AvgIpc) is 2.93. The van der Waals surface area contributed by atoms with Gasteiger partial charge >= 0.3 is 0 Å². The van der Waals surface area contributed by atoms with Crippen molar-refractivity contribution in [3.8, 4) is 0 Å². The molecule has 0 atom stereocenters. The van der Waals surface area contributed by atoms with E-state index < -0.39 is 0 Å². The van der Waals surface area contributed by atoms with Crippen molar-refractivity contribution in [3.63, 3.8) is 0 Å². The molecule has 1 heterocycles. The van der Waals surface area contributed by atoms with Crippen LogP contribution in [-0.4, -0.2) is 32.1 Å². The average molecular weight is 279 g/mol. The lowest BCUT2D eigenvalue weighted by Crippen LogP contribution is -2.30. The number of hydrogen-bond donors (Lipinski definition) is 2. The molecule has 0 aliphatic carbocycles. The van der Waals surface area contributed by atoms with Crippen molar-refractivity contribution in [1.82, 2.24) is 10.6 Å². The zero-order chi connectivity index (χ0) is 14.4. The van der Waals surface area contributed by atoms with Gasteiger partial charge in [-0.2, -0.15) is 0 Å². The fourth-order valence-electron chi connectivity index (χ4n) is 2.43. The van der Waals surface area contributed by atoms with Crippen LogP contribution in [0.5, 0.6) is 0 Å². The molecule has 0 aromatic heterocycles. The van der Waals surface area contributed by atoms with Gasteiger partial charge in [0.2, 0.25) is 5.91 Å². The van der Waals surface area contributed by atoms with E-state index in [-0.39, 0.29) is 11.7 Å². The van der Waals surface area contributed by atoms with Crippen LogP contribution in [0.3, 0.4) is 0 Å². The van der Waals surface area contributed by atoms with Crippen molar-refractivity contribution in [3.05, 3.63) is 29.6 Å². The third kappa shape index (κ3) is 4.20. The summed E-state index contributed by atoms with van der Waals surface area (Å²) >= 11 is 0. The Morgan fingerprint density at radius 1 is 1.30 bits per heavy atom. The van der Waals surface area contributed by atoms with E-state index in [1.807, 2.05) is 6.07 Å². The van der Waals surface area contributed by atoms with Gasteiger partial charge in [0, 0.05) is 39.6 Å². The molecule has 1 fully saturated rings. The number of carbonyl (C=O) groups excluding carboxylic acids is 1. The molecule has 0 unspecified atom stereocenters. The van der Waals surface area contributed by atoms with Gasteiger partial charge in [0.25, 0.3) is 0 Å². The highest BCUT2D eigenvalue weighted by atomic mass is 19.1. The molecule has 0 radical (unpaired) electrons. The molecule has 1 saturated heterocycles. The topological polar surface area (TPSA) is 44.4 Å².